The van der Waals surface area contributed by atoms with Crippen LogP contribution >= 0.6 is 0 Å². The third-order valence-electron chi connectivity index (χ3n) is 6.44. The maximum Gasteiger partial charge on any atom is 0.344 e. The van der Waals surface area contributed by atoms with Crippen LogP contribution in [-0.4, -0.2) is 30.4 Å². The first-order chi connectivity index (χ1) is 14.1. The minimum Gasteiger partial charge on any atom is -0.479 e. The number of unbranched alkanes of at least 4 members (excludes halogenated alkanes) is 6. The highest BCUT2D eigenvalue weighted by atomic mass is 16.5. The Labute approximate surface area is 184 Å². The second-order valence-electron chi connectivity index (χ2n) is 10.0. The van der Waals surface area contributed by atoms with Crippen molar-refractivity contribution in [2.45, 2.75) is 98.5 Å². The number of rotatable bonds is 16. The van der Waals surface area contributed by atoms with E-state index in [0.29, 0.717) is 36.2 Å². The molecule has 4 heteroatoms. The lowest BCUT2D eigenvalue weighted by Gasteiger charge is -2.39. The molecule has 172 valence electrons. The molecule has 0 fully saturated rings. The molecule has 0 heterocycles. The zero-order valence-corrected chi connectivity index (χ0v) is 19.9. The molecule has 0 spiro atoms. The van der Waals surface area contributed by atoms with Gasteiger partial charge in [0, 0.05) is 13.0 Å². The standard InChI is InChI=1S/C26H44O4/c1-25(2,3)26(4,5)19-14-9-7-6-8-10-15-20-29-21-18-23(24(27)28)30-22-16-12-11-13-17-22/h11-13,16-17,23H,6-10,14-15,18-21H2,1-5H3,(H,27,28). The SMILES string of the molecule is CC(C)(C)C(C)(C)CCCCCCCCCOCCC(Oc1ccccc1)C(=O)O. The third kappa shape index (κ3) is 11.0. The van der Waals surface area contributed by atoms with E-state index in [9.17, 15) is 9.90 Å². The summed E-state index contributed by atoms with van der Waals surface area (Å²) >= 11 is 0. The molecule has 1 aromatic rings. The van der Waals surface area contributed by atoms with Gasteiger partial charge in [0.15, 0.2) is 6.10 Å². The van der Waals surface area contributed by atoms with Gasteiger partial charge in [-0.2, -0.15) is 0 Å². The van der Waals surface area contributed by atoms with Crippen LogP contribution in [0.2, 0.25) is 0 Å². The predicted octanol–water partition coefficient (Wildman–Crippen LogP) is 7.12. The van der Waals surface area contributed by atoms with E-state index in [1.165, 1.54) is 44.9 Å². The third-order valence-corrected chi connectivity index (χ3v) is 6.44. The highest BCUT2D eigenvalue weighted by molar-refractivity contribution is 5.72. The number of aliphatic carboxylic acids is 1. The van der Waals surface area contributed by atoms with Crippen LogP contribution in [0.15, 0.2) is 30.3 Å². The topological polar surface area (TPSA) is 55.8 Å². The fourth-order valence-electron chi connectivity index (χ4n) is 3.22. The minimum atomic E-state index is -0.951. The molecule has 1 N–H and O–H groups in total. The van der Waals surface area contributed by atoms with Gasteiger partial charge in [-0.15, -0.1) is 0 Å². The Kier molecular flexibility index (Phi) is 12.1. The van der Waals surface area contributed by atoms with E-state index in [2.05, 4.69) is 34.6 Å². The molecule has 0 bridgehead atoms. The van der Waals surface area contributed by atoms with Crippen LogP contribution in [0.5, 0.6) is 5.75 Å². The molecule has 0 aliphatic carbocycles. The van der Waals surface area contributed by atoms with E-state index < -0.39 is 12.1 Å². The number of hydrogen-bond acceptors (Lipinski definition) is 3. The van der Waals surface area contributed by atoms with Gasteiger partial charge in [-0.25, -0.2) is 4.79 Å². The normalized spacial score (nSPS) is 13.2. The van der Waals surface area contributed by atoms with E-state index in [-0.39, 0.29) is 0 Å². The summed E-state index contributed by atoms with van der Waals surface area (Å²) in [5.41, 5.74) is 0.765. The van der Waals surface area contributed by atoms with Crippen molar-refractivity contribution in [1.82, 2.24) is 0 Å². The van der Waals surface area contributed by atoms with Gasteiger partial charge in [0.25, 0.3) is 0 Å². The lowest BCUT2D eigenvalue weighted by atomic mass is 9.67. The van der Waals surface area contributed by atoms with Crippen LogP contribution in [-0.2, 0) is 9.53 Å². The van der Waals surface area contributed by atoms with Crippen molar-refractivity contribution in [3.05, 3.63) is 30.3 Å². The quantitative estimate of drug-likeness (QED) is 0.289. The first kappa shape index (κ1) is 26.5. The Morgan fingerprint density at radius 3 is 2.00 bits per heavy atom. The smallest absolute Gasteiger partial charge is 0.344 e. The van der Waals surface area contributed by atoms with Gasteiger partial charge >= 0.3 is 5.97 Å². The fraction of sp³-hybridized carbons (Fsp3) is 0.731. The molecule has 0 saturated carbocycles. The lowest BCUT2D eigenvalue weighted by Crippen LogP contribution is -2.29. The second kappa shape index (κ2) is 13.7. The average molecular weight is 421 g/mol. The first-order valence-electron chi connectivity index (χ1n) is 11.7. The van der Waals surface area contributed by atoms with Crippen molar-refractivity contribution in [3.63, 3.8) is 0 Å². The first-order valence-corrected chi connectivity index (χ1v) is 11.7. The number of carboxylic acids is 1. The molecule has 4 nitrogen and oxygen atoms in total. The summed E-state index contributed by atoms with van der Waals surface area (Å²) in [6, 6.07) is 9.07. The van der Waals surface area contributed by atoms with Gasteiger partial charge in [-0.3, -0.25) is 0 Å². The summed E-state index contributed by atoms with van der Waals surface area (Å²) in [6.07, 6.45) is 9.52. The van der Waals surface area contributed by atoms with Gasteiger partial charge in [-0.05, 0) is 35.8 Å². The summed E-state index contributed by atoms with van der Waals surface area (Å²) < 4.78 is 11.2. The number of ether oxygens (including phenoxy) is 2. The zero-order valence-electron chi connectivity index (χ0n) is 19.9. The van der Waals surface area contributed by atoms with Crippen LogP contribution in [0.25, 0.3) is 0 Å². The summed E-state index contributed by atoms with van der Waals surface area (Å²) in [6.45, 7) is 12.9. The molecule has 1 atom stereocenters. The molecule has 1 aromatic carbocycles. The molecule has 0 aliphatic heterocycles. The average Bonchev–Trinajstić information content (AvgIpc) is 2.67. The number of benzene rings is 1. The maximum absolute atomic E-state index is 11.3. The molecule has 0 radical (unpaired) electrons. The van der Waals surface area contributed by atoms with Crippen LogP contribution < -0.4 is 4.74 Å². The number of para-hydroxylation sites is 1. The van der Waals surface area contributed by atoms with E-state index in [1.807, 2.05) is 18.2 Å². The maximum atomic E-state index is 11.3. The molecule has 0 amide bonds. The fourth-order valence-corrected chi connectivity index (χ4v) is 3.22. The Balaban J connectivity index is 1.99. The van der Waals surface area contributed by atoms with Crippen LogP contribution in [0.1, 0.15) is 92.4 Å². The second-order valence-corrected chi connectivity index (χ2v) is 10.0. The molecule has 30 heavy (non-hydrogen) atoms. The van der Waals surface area contributed by atoms with Crippen molar-refractivity contribution in [3.8, 4) is 5.75 Å². The van der Waals surface area contributed by atoms with Crippen molar-refractivity contribution >= 4 is 5.97 Å². The van der Waals surface area contributed by atoms with E-state index >= 15 is 0 Å². The summed E-state index contributed by atoms with van der Waals surface area (Å²) in [4.78, 5) is 11.3. The predicted molar refractivity (Wildman–Crippen MR) is 124 cm³/mol. The molecular formula is C26H44O4. The van der Waals surface area contributed by atoms with Gasteiger partial charge < -0.3 is 14.6 Å². The monoisotopic (exact) mass is 420 g/mol. The Hall–Kier alpha value is -1.55. The van der Waals surface area contributed by atoms with Gasteiger partial charge in [0.2, 0.25) is 0 Å². The number of hydrogen-bond donors (Lipinski definition) is 1. The highest BCUT2D eigenvalue weighted by Gasteiger charge is 2.31. The molecule has 0 aromatic heterocycles. The van der Waals surface area contributed by atoms with E-state index in [1.54, 1.807) is 12.1 Å². The van der Waals surface area contributed by atoms with Crippen molar-refractivity contribution in [2.75, 3.05) is 13.2 Å². The molecule has 1 unspecified atom stereocenters. The minimum absolute atomic E-state index is 0.356. The van der Waals surface area contributed by atoms with Gasteiger partial charge in [0.05, 0.1) is 6.61 Å². The van der Waals surface area contributed by atoms with Crippen LogP contribution in [0.4, 0.5) is 0 Å². The summed E-state index contributed by atoms with van der Waals surface area (Å²) in [5.74, 6) is -0.375. The molecular weight excluding hydrogens is 376 g/mol. The summed E-state index contributed by atoms with van der Waals surface area (Å²) in [7, 11) is 0. The van der Waals surface area contributed by atoms with Crippen molar-refractivity contribution < 1.29 is 19.4 Å². The van der Waals surface area contributed by atoms with Gasteiger partial charge in [0.1, 0.15) is 5.75 Å². The highest BCUT2D eigenvalue weighted by Crippen LogP contribution is 2.41. The van der Waals surface area contributed by atoms with E-state index in [4.69, 9.17) is 9.47 Å². The molecule has 1 rings (SSSR count). The van der Waals surface area contributed by atoms with E-state index in [0.717, 1.165) is 6.42 Å². The number of carboxylic acid groups (broad SMARTS) is 1. The Bertz CT molecular complexity index is 574. The Morgan fingerprint density at radius 1 is 0.867 bits per heavy atom. The summed E-state index contributed by atoms with van der Waals surface area (Å²) in [5, 5.41) is 9.30. The van der Waals surface area contributed by atoms with Crippen molar-refractivity contribution in [1.29, 1.82) is 0 Å². The Morgan fingerprint density at radius 2 is 1.43 bits per heavy atom. The largest absolute Gasteiger partial charge is 0.479 e. The van der Waals surface area contributed by atoms with Gasteiger partial charge in [-0.1, -0.05) is 91.3 Å². The van der Waals surface area contributed by atoms with Crippen LogP contribution in [0, 0.1) is 10.8 Å². The zero-order chi connectivity index (χ0) is 22.5. The lowest BCUT2D eigenvalue weighted by molar-refractivity contribution is -0.146. The molecule has 0 aliphatic rings. The molecule has 0 saturated heterocycles. The van der Waals surface area contributed by atoms with Crippen LogP contribution in [0.3, 0.4) is 0 Å². The number of carbonyl (C=O) groups is 1. The van der Waals surface area contributed by atoms with Crippen molar-refractivity contribution in [2.24, 2.45) is 10.8 Å².